The topological polar surface area (TPSA) is 72.5 Å². The van der Waals surface area contributed by atoms with Crippen LogP contribution in [0.2, 0.25) is 0 Å². The Balaban J connectivity index is 2.73. The Kier molecular flexibility index (Phi) is 4.55. The molecule has 100 valence electrons. The predicted molar refractivity (Wildman–Crippen MR) is 66.4 cm³/mol. The van der Waals surface area contributed by atoms with E-state index in [9.17, 15) is 9.90 Å². The van der Waals surface area contributed by atoms with Crippen molar-refractivity contribution in [2.75, 3.05) is 13.2 Å². The van der Waals surface area contributed by atoms with Gasteiger partial charge in [-0.2, -0.15) is 0 Å². The van der Waals surface area contributed by atoms with Crippen molar-refractivity contribution in [3.05, 3.63) is 0 Å². The highest BCUT2D eigenvalue weighted by atomic mass is 16.5. The molecule has 4 heteroatoms. The maximum absolute atomic E-state index is 11.6. The molecule has 0 spiro atoms. The molecule has 1 fully saturated rings. The quantitative estimate of drug-likeness (QED) is 0.733. The standard InChI is InChI=1S/C13H25NO3/c1-4-17-11(16)10(15)13(9-14)7-5-12(2,3)6-8-13/h10,15H,4-9,14H2,1-3H3. The molecule has 4 nitrogen and oxygen atoms in total. The molecular weight excluding hydrogens is 218 g/mol. The first-order chi connectivity index (χ1) is 7.87. The summed E-state index contributed by atoms with van der Waals surface area (Å²) in [5.74, 6) is -0.530. The molecule has 0 amide bonds. The van der Waals surface area contributed by atoms with Crippen LogP contribution < -0.4 is 5.73 Å². The van der Waals surface area contributed by atoms with E-state index in [4.69, 9.17) is 10.5 Å². The molecule has 0 saturated heterocycles. The van der Waals surface area contributed by atoms with E-state index in [2.05, 4.69) is 13.8 Å². The number of hydrogen-bond acceptors (Lipinski definition) is 4. The zero-order valence-corrected chi connectivity index (χ0v) is 11.2. The van der Waals surface area contributed by atoms with Gasteiger partial charge in [0.15, 0.2) is 6.10 Å². The molecule has 1 saturated carbocycles. The second kappa shape index (κ2) is 5.36. The minimum atomic E-state index is -1.08. The molecule has 3 N–H and O–H groups in total. The van der Waals surface area contributed by atoms with Crippen LogP contribution in [0.4, 0.5) is 0 Å². The van der Waals surface area contributed by atoms with Crippen molar-refractivity contribution in [3.63, 3.8) is 0 Å². The second-order valence-electron chi connectivity index (χ2n) is 5.89. The fourth-order valence-electron chi connectivity index (χ4n) is 2.49. The van der Waals surface area contributed by atoms with Crippen LogP contribution in [0, 0.1) is 10.8 Å². The first-order valence-corrected chi connectivity index (χ1v) is 6.42. The summed E-state index contributed by atoms with van der Waals surface area (Å²) in [6, 6.07) is 0. The molecule has 0 aromatic carbocycles. The number of ether oxygens (including phenoxy) is 1. The Bertz CT molecular complexity index is 266. The van der Waals surface area contributed by atoms with E-state index in [1.807, 2.05) is 0 Å². The monoisotopic (exact) mass is 243 g/mol. The SMILES string of the molecule is CCOC(=O)C(O)C1(CN)CCC(C)(C)CC1. The van der Waals surface area contributed by atoms with Gasteiger partial charge in [0.25, 0.3) is 0 Å². The van der Waals surface area contributed by atoms with Crippen molar-refractivity contribution < 1.29 is 14.6 Å². The largest absolute Gasteiger partial charge is 0.464 e. The summed E-state index contributed by atoms with van der Waals surface area (Å²) in [5, 5.41) is 10.1. The Hall–Kier alpha value is -0.610. The third-order valence-corrected chi connectivity index (χ3v) is 4.10. The second-order valence-corrected chi connectivity index (χ2v) is 5.89. The van der Waals surface area contributed by atoms with E-state index in [1.165, 1.54) is 0 Å². The number of aliphatic hydroxyl groups is 1. The molecule has 1 aliphatic carbocycles. The molecule has 0 aromatic rings. The number of carbonyl (C=O) groups excluding carboxylic acids is 1. The van der Waals surface area contributed by atoms with Gasteiger partial charge in [0, 0.05) is 12.0 Å². The van der Waals surface area contributed by atoms with Gasteiger partial charge in [-0.25, -0.2) is 4.79 Å². The van der Waals surface area contributed by atoms with Crippen LogP contribution in [0.25, 0.3) is 0 Å². The summed E-state index contributed by atoms with van der Waals surface area (Å²) in [6.45, 7) is 6.79. The summed E-state index contributed by atoms with van der Waals surface area (Å²) >= 11 is 0. The lowest BCUT2D eigenvalue weighted by atomic mass is 9.63. The molecule has 1 unspecified atom stereocenters. The van der Waals surface area contributed by atoms with E-state index in [0.29, 0.717) is 13.2 Å². The first-order valence-electron chi connectivity index (χ1n) is 6.42. The van der Waals surface area contributed by atoms with Gasteiger partial charge in [0.1, 0.15) is 0 Å². The Morgan fingerprint density at radius 3 is 2.29 bits per heavy atom. The van der Waals surface area contributed by atoms with E-state index < -0.39 is 17.5 Å². The number of nitrogens with two attached hydrogens (primary N) is 1. The summed E-state index contributed by atoms with van der Waals surface area (Å²) in [4.78, 5) is 11.6. The molecule has 1 atom stereocenters. The average Bonchev–Trinajstić information content (AvgIpc) is 2.29. The van der Waals surface area contributed by atoms with Crippen LogP contribution in [0.15, 0.2) is 0 Å². The van der Waals surface area contributed by atoms with E-state index in [-0.39, 0.29) is 5.41 Å². The van der Waals surface area contributed by atoms with Crippen LogP contribution in [-0.4, -0.2) is 30.3 Å². The third kappa shape index (κ3) is 3.19. The zero-order valence-electron chi connectivity index (χ0n) is 11.2. The highest BCUT2D eigenvalue weighted by Gasteiger charge is 2.45. The van der Waals surface area contributed by atoms with Crippen LogP contribution in [-0.2, 0) is 9.53 Å². The van der Waals surface area contributed by atoms with Gasteiger partial charge in [-0.3, -0.25) is 0 Å². The lowest BCUT2D eigenvalue weighted by molar-refractivity contribution is -0.163. The molecule has 1 rings (SSSR count). The lowest BCUT2D eigenvalue weighted by Crippen LogP contribution is -2.49. The van der Waals surface area contributed by atoms with Crippen molar-refractivity contribution in [3.8, 4) is 0 Å². The third-order valence-electron chi connectivity index (χ3n) is 4.10. The molecule has 0 aromatic heterocycles. The van der Waals surface area contributed by atoms with Crippen LogP contribution in [0.5, 0.6) is 0 Å². The summed E-state index contributed by atoms with van der Waals surface area (Å²) in [6.07, 6.45) is 2.47. The van der Waals surface area contributed by atoms with Crippen molar-refractivity contribution in [2.45, 2.75) is 52.6 Å². The fourth-order valence-corrected chi connectivity index (χ4v) is 2.49. The minimum Gasteiger partial charge on any atom is -0.464 e. The summed E-state index contributed by atoms with van der Waals surface area (Å²) in [5.41, 5.74) is 5.59. The van der Waals surface area contributed by atoms with Gasteiger partial charge in [-0.05, 0) is 38.0 Å². The van der Waals surface area contributed by atoms with Gasteiger partial charge in [0.05, 0.1) is 6.61 Å². The lowest BCUT2D eigenvalue weighted by Gasteiger charge is -2.44. The molecular formula is C13H25NO3. The van der Waals surface area contributed by atoms with Crippen LogP contribution in [0.1, 0.15) is 46.5 Å². The van der Waals surface area contributed by atoms with E-state index in [0.717, 1.165) is 25.7 Å². The Labute approximate surface area is 104 Å². The van der Waals surface area contributed by atoms with E-state index in [1.54, 1.807) is 6.92 Å². The summed E-state index contributed by atoms with van der Waals surface area (Å²) < 4.78 is 4.89. The average molecular weight is 243 g/mol. The van der Waals surface area contributed by atoms with Crippen molar-refractivity contribution in [1.29, 1.82) is 0 Å². The molecule has 0 aliphatic heterocycles. The zero-order chi connectivity index (χ0) is 13.1. The van der Waals surface area contributed by atoms with Gasteiger partial charge in [-0.1, -0.05) is 13.8 Å². The van der Waals surface area contributed by atoms with E-state index >= 15 is 0 Å². The van der Waals surface area contributed by atoms with Crippen LogP contribution in [0.3, 0.4) is 0 Å². The van der Waals surface area contributed by atoms with Crippen molar-refractivity contribution in [2.24, 2.45) is 16.6 Å². The van der Waals surface area contributed by atoms with Crippen LogP contribution >= 0.6 is 0 Å². The van der Waals surface area contributed by atoms with Gasteiger partial charge in [0.2, 0.25) is 0 Å². The predicted octanol–water partition coefficient (Wildman–Crippen LogP) is 1.46. The molecule has 0 bridgehead atoms. The van der Waals surface area contributed by atoms with Gasteiger partial charge < -0.3 is 15.6 Å². The highest BCUT2D eigenvalue weighted by molar-refractivity contribution is 5.75. The number of rotatable bonds is 4. The fraction of sp³-hybridized carbons (Fsp3) is 0.923. The van der Waals surface area contributed by atoms with Crippen molar-refractivity contribution >= 4 is 5.97 Å². The van der Waals surface area contributed by atoms with Gasteiger partial charge in [-0.15, -0.1) is 0 Å². The molecule has 0 radical (unpaired) electrons. The Morgan fingerprint density at radius 1 is 1.35 bits per heavy atom. The number of hydrogen-bond donors (Lipinski definition) is 2. The minimum absolute atomic E-state index is 0.285. The van der Waals surface area contributed by atoms with Gasteiger partial charge >= 0.3 is 5.97 Å². The Morgan fingerprint density at radius 2 is 1.88 bits per heavy atom. The van der Waals surface area contributed by atoms with Crippen molar-refractivity contribution in [1.82, 2.24) is 0 Å². The molecule has 17 heavy (non-hydrogen) atoms. The highest BCUT2D eigenvalue weighted by Crippen LogP contribution is 2.46. The normalized spacial score (nSPS) is 24.1. The molecule has 1 aliphatic rings. The number of aliphatic hydroxyl groups excluding tert-OH is 1. The summed E-state index contributed by atoms with van der Waals surface area (Å²) in [7, 11) is 0. The first kappa shape index (κ1) is 14.5. The maximum Gasteiger partial charge on any atom is 0.335 e. The number of esters is 1. The molecule has 0 heterocycles. The maximum atomic E-state index is 11.6. The number of carbonyl (C=O) groups is 1. The smallest absolute Gasteiger partial charge is 0.335 e.